The molecule has 0 aromatic heterocycles. The van der Waals surface area contributed by atoms with Crippen LogP contribution in [0.25, 0.3) is 0 Å². The number of carboxylic acid groups (broad SMARTS) is 1. The van der Waals surface area contributed by atoms with Crippen LogP contribution in [0.4, 0.5) is 0 Å². The lowest BCUT2D eigenvalue weighted by Gasteiger charge is -2.27. The van der Waals surface area contributed by atoms with E-state index in [4.69, 9.17) is 28.7 Å². The lowest BCUT2D eigenvalue weighted by molar-refractivity contribution is -0.142. The highest BCUT2D eigenvalue weighted by Crippen LogP contribution is 2.13. The average Bonchev–Trinajstić information content (AvgIpc) is 3.00. The molecule has 1 aromatic carbocycles. The summed E-state index contributed by atoms with van der Waals surface area (Å²) in [6, 6.07) is -0.589. The molecule has 16 N–H and O–H groups in total. The molecule has 0 aliphatic rings. The molecule has 0 bridgehead atoms. The summed E-state index contributed by atoms with van der Waals surface area (Å²) < 4.78 is 0. The molecular weight excluding hydrogens is 628 g/mol. The summed E-state index contributed by atoms with van der Waals surface area (Å²) in [7, 11) is 0. The molecule has 268 valence electrons. The van der Waals surface area contributed by atoms with E-state index in [1.807, 2.05) is 0 Å². The Hall–Kier alpha value is -4.97. The van der Waals surface area contributed by atoms with Crippen molar-refractivity contribution in [3.63, 3.8) is 0 Å². The number of benzene rings is 1. The minimum atomic E-state index is -1.54. The predicted octanol–water partition coefficient (Wildman–Crippen LogP) is -3.00. The fourth-order valence-corrected chi connectivity index (χ4v) is 4.49. The minimum Gasteiger partial charge on any atom is -0.508 e. The number of nitrogens with zero attached hydrogens (tertiary/aromatic N) is 1. The van der Waals surface area contributed by atoms with Gasteiger partial charge in [0.2, 0.25) is 29.5 Å². The van der Waals surface area contributed by atoms with Crippen LogP contribution in [0.1, 0.15) is 57.9 Å². The Morgan fingerprint density at radius 1 is 0.771 bits per heavy atom. The number of hydrogen-bond donors (Lipinski definition) is 11. The van der Waals surface area contributed by atoms with Crippen LogP contribution in [-0.4, -0.2) is 95.0 Å². The third-order valence-electron chi connectivity index (χ3n) is 7.16. The van der Waals surface area contributed by atoms with E-state index in [2.05, 4.69) is 26.3 Å². The lowest BCUT2D eigenvalue weighted by atomic mass is 10.0. The van der Waals surface area contributed by atoms with Crippen LogP contribution in [0.15, 0.2) is 29.3 Å². The lowest BCUT2D eigenvalue weighted by Crippen LogP contribution is -2.60. The zero-order valence-corrected chi connectivity index (χ0v) is 27.3. The third-order valence-corrected chi connectivity index (χ3v) is 7.16. The van der Waals surface area contributed by atoms with Gasteiger partial charge in [0.05, 0.1) is 12.5 Å². The number of carbonyl (C=O) groups excluding carboxylic acids is 5. The molecular formula is C30H50N10O8. The standard InChI is InChI=1S/C30H50N10O8/c1-16(2)24(28(46)39-22(29(47)48)14-17-8-10-18(41)11-9-17)40-27(45)21(15-23(33)42)38-26(44)20(7-3-4-12-31)37-25(43)19(32)6-5-13-36-30(34)35/h8-11,16,19-22,24,41H,3-7,12-15,31-32H2,1-2H3,(H2,33,42)(H,37,43)(H,38,44)(H,39,46)(H,40,45)(H,47,48)(H4,34,35,36). The summed E-state index contributed by atoms with van der Waals surface area (Å²) in [6.45, 7) is 3.78. The Balaban J connectivity index is 3.07. The minimum absolute atomic E-state index is 0.0151. The summed E-state index contributed by atoms with van der Waals surface area (Å²) in [6.07, 6.45) is 0.953. The fourth-order valence-electron chi connectivity index (χ4n) is 4.49. The van der Waals surface area contributed by atoms with Crippen molar-refractivity contribution >= 4 is 41.5 Å². The second kappa shape index (κ2) is 21.0. The number of guanidine groups is 1. The highest BCUT2D eigenvalue weighted by Gasteiger charge is 2.33. The van der Waals surface area contributed by atoms with Crippen LogP contribution >= 0.6 is 0 Å². The van der Waals surface area contributed by atoms with Gasteiger partial charge in [-0.3, -0.25) is 29.0 Å². The molecule has 5 unspecified atom stereocenters. The third kappa shape index (κ3) is 15.5. The van der Waals surface area contributed by atoms with E-state index < -0.39 is 78.1 Å². The number of aliphatic carboxylic acids is 1. The molecule has 0 radical (unpaired) electrons. The summed E-state index contributed by atoms with van der Waals surface area (Å²) in [5.41, 5.74) is 28.0. The van der Waals surface area contributed by atoms with Crippen molar-refractivity contribution < 1.29 is 39.0 Å². The maximum absolute atomic E-state index is 13.4. The Kier molecular flexibility index (Phi) is 18.0. The van der Waals surface area contributed by atoms with Gasteiger partial charge in [0.1, 0.15) is 29.9 Å². The van der Waals surface area contributed by atoms with Crippen molar-refractivity contribution in [3.05, 3.63) is 29.8 Å². The van der Waals surface area contributed by atoms with Gasteiger partial charge >= 0.3 is 5.97 Å². The zero-order chi connectivity index (χ0) is 36.4. The first-order chi connectivity index (χ1) is 22.5. The van der Waals surface area contributed by atoms with Gasteiger partial charge in [-0.2, -0.15) is 0 Å². The SMILES string of the molecule is CC(C)C(NC(=O)C(CC(N)=O)NC(=O)C(CCCCN)NC(=O)C(N)CCCN=C(N)N)C(=O)NC(Cc1ccc(O)cc1)C(=O)O. The molecule has 0 heterocycles. The maximum atomic E-state index is 13.4. The quantitative estimate of drug-likeness (QED) is 0.0332. The molecule has 0 saturated heterocycles. The highest BCUT2D eigenvalue weighted by molar-refractivity contribution is 5.97. The van der Waals surface area contributed by atoms with Crippen LogP contribution in [0.3, 0.4) is 0 Å². The van der Waals surface area contributed by atoms with Gasteiger partial charge < -0.3 is 60.1 Å². The normalized spacial score (nSPS) is 14.0. The Bertz CT molecular complexity index is 1270. The first-order valence-corrected chi connectivity index (χ1v) is 15.6. The van der Waals surface area contributed by atoms with Gasteiger partial charge in [-0.1, -0.05) is 26.0 Å². The van der Waals surface area contributed by atoms with Crippen LogP contribution in [0.5, 0.6) is 5.75 Å². The van der Waals surface area contributed by atoms with Crippen molar-refractivity contribution in [2.45, 2.75) is 89.0 Å². The molecule has 1 rings (SSSR count). The Morgan fingerprint density at radius 2 is 1.35 bits per heavy atom. The number of amides is 5. The molecule has 0 fully saturated rings. The van der Waals surface area contributed by atoms with Crippen molar-refractivity contribution in [2.75, 3.05) is 13.1 Å². The van der Waals surface area contributed by atoms with E-state index >= 15 is 0 Å². The topological polar surface area (TPSA) is 333 Å². The van der Waals surface area contributed by atoms with E-state index in [0.717, 1.165) is 0 Å². The van der Waals surface area contributed by atoms with Crippen molar-refractivity contribution in [1.82, 2.24) is 21.3 Å². The van der Waals surface area contributed by atoms with E-state index in [1.54, 1.807) is 13.8 Å². The monoisotopic (exact) mass is 678 g/mol. The molecule has 5 amide bonds. The summed E-state index contributed by atoms with van der Waals surface area (Å²) >= 11 is 0. The molecule has 0 aliphatic carbocycles. The van der Waals surface area contributed by atoms with E-state index in [1.165, 1.54) is 24.3 Å². The fraction of sp³-hybridized carbons (Fsp3) is 0.567. The first-order valence-electron chi connectivity index (χ1n) is 15.6. The summed E-state index contributed by atoms with van der Waals surface area (Å²) in [4.78, 5) is 80.4. The molecule has 18 nitrogen and oxygen atoms in total. The van der Waals surface area contributed by atoms with Crippen molar-refractivity contribution in [1.29, 1.82) is 0 Å². The van der Waals surface area contributed by atoms with Gasteiger partial charge in [0.15, 0.2) is 5.96 Å². The predicted molar refractivity (Wildman–Crippen MR) is 177 cm³/mol. The van der Waals surface area contributed by atoms with Gasteiger partial charge in [-0.05, 0) is 62.3 Å². The number of carboxylic acids is 1. The number of phenols is 1. The number of nitrogens with two attached hydrogens (primary N) is 5. The number of primary amides is 1. The Morgan fingerprint density at radius 3 is 1.90 bits per heavy atom. The van der Waals surface area contributed by atoms with Gasteiger partial charge in [-0.25, -0.2) is 4.79 Å². The molecule has 18 heteroatoms. The number of carbonyl (C=O) groups is 6. The largest absolute Gasteiger partial charge is 0.508 e. The number of unbranched alkanes of at least 4 members (excludes halogenated alkanes) is 1. The van der Waals surface area contributed by atoms with Gasteiger partial charge in [0.25, 0.3) is 0 Å². The summed E-state index contributed by atoms with van der Waals surface area (Å²) in [5.74, 6) is -6.15. The molecule has 1 aromatic rings. The number of aliphatic imine (C=N–C) groups is 1. The van der Waals surface area contributed by atoms with Crippen LogP contribution in [0, 0.1) is 5.92 Å². The van der Waals surface area contributed by atoms with Gasteiger partial charge in [-0.15, -0.1) is 0 Å². The van der Waals surface area contributed by atoms with E-state index in [-0.39, 0.29) is 37.5 Å². The van der Waals surface area contributed by atoms with Gasteiger partial charge in [0, 0.05) is 13.0 Å². The van der Waals surface area contributed by atoms with Crippen LogP contribution in [0.2, 0.25) is 0 Å². The number of nitrogens with one attached hydrogen (secondary N) is 4. The number of aromatic hydroxyl groups is 1. The van der Waals surface area contributed by atoms with E-state index in [9.17, 15) is 39.0 Å². The van der Waals surface area contributed by atoms with Crippen LogP contribution < -0.4 is 49.9 Å². The number of phenolic OH excluding ortho intramolecular Hbond substituents is 1. The van der Waals surface area contributed by atoms with E-state index in [0.29, 0.717) is 31.4 Å². The summed E-state index contributed by atoms with van der Waals surface area (Å²) in [5, 5.41) is 29.1. The molecule has 48 heavy (non-hydrogen) atoms. The van der Waals surface area contributed by atoms with Crippen LogP contribution in [-0.2, 0) is 35.2 Å². The molecule has 0 aliphatic heterocycles. The van der Waals surface area contributed by atoms with Crippen molar-refractivity contribution in [2.24, 2.45) is 39.6 Å². The number of hydrogen-bond acceptors (Lipinski definition) is 10. The second-order valence-electron chi connectivity index (χ2n) is 11.6. The Labute approximate surface area is 279 Å². The zero-order valence-electron chi connectivity index (χ0n) is 27.3. The van der Waals surface area contributed by atoms with Crippen molar-refractivity contribution in [3.8, 4) is 5.75 Å². The number of rotatable bonds is 22. The molecule has 5 atom stereocenters. The molecule has 0 saturated carbocycles. The smallest absolute Gasteiger partial charge is 0.326 e. The molecule has 0 spiro atoms. The average molecular weight is 679 g/mol. The maximum Gasteiger partial charge on any atom is 0.326 e. The first kappa shape index (κ1) is 41.1. The second-order valence-corrected chi connectivity index (χ2v) is 11.6. The highest BCUT2D eigenvalue weighted by atomic mass is 16.4.